The number of hydrogen-bond donors (Lipinski definition) is 0. The molecule has 2 aromatic carbocycles. The second kappa shape index (κ2) is 6.84. The standard InChI is InChI=1S/C22H20N6O2/c1-13-7-14(2)9-16(8-13)28-21-17(11-24-28)22-26-25-20(27(22)12-23-21)15-5-6-18(29-3)19(10-15)30-4/h5-12H,1-4H3. The fraction of sp³-hybridized carbons (Fsp3) is 0.182. The minimum Gasteiger partial charge on any atom is -0.493 e. The van der Waals surface area contributed by atoms with Crippen LogP contribution in [0.5, 0.6) is 11.5 Å². The summed E-state index contributed by atoms with van der Waals surface area (Å²) >= 11 is 0. The highest BCUT2D eigenvalue weighted by Gasteiger charge is 2.17. The molecule has 8 nitrogen and oxygen atoms in total. The molecule has 0 saturated carbocycles. The average Bonchev–Trinajstić information content (AvgIpc) is 3.36. The number of rotatable bonds is 4. The van der Waals surface area contributed by atoms with Gasteiger partial charge in [-0.1, -0.05) is 6.07 Å². The highest BCUT2D eigenvalue weighted by molar-refractivity contribution is 5.90. The number of hydrogen-bond acceptors (Lipinski definition) is 6. The summed E-state index contributed by atoms with van der Waals surface area (Å²) in [5, 5.41) is 14.2. The lowest BCUT2D eigenvalue weighted by atomic mass is 10.1. The molecule has 0 aliphatic heterocycles. The molecule has 0 unspecified atom stereocenters. The summed E-state index contributed by atoms with van der Waals surface area (Å²) in [5.74, 6) is 1.95. The van der Waals surface area contributed by atoms with Crippen LogP contribution in [0.25, 0.3) is 33.8 Å². The number of ether oxygens (including phenoxy) is 2. The van der Waals surface area contributed by atoms with Gasteiger partial charge in [0.1, 0.15) is 6.33 Å². The van der Waals surface area contributed by atoms with E-state index in [1.54, 1.807) is 26.7 Å². The van der Waals surface area contributed by atoms with Crippen molar-refractivity contribution in [3.63, 3.8) is 0 Å². The first kappa shape index (κ1) is 18.1. The molecular formula is C22H20N6O2. The van der Waals surface area contributed by atoms with Crippen LogP contribution in [0, 0.1) is 13.8 Å². The predicted molar refractivity (Wildman–Crippen MR) is 113 cm³/mol. The normalized spacial score (nSPS) is 11.3. The zero-order valence-corrected chi connectivity index (χ0v) is 17.1. The third-order valence-corrected chi connectivity index (χ3v) is 5.07. The van der Waals surface area contributed by atoms with Crippen molar-refractivity contribution in [3.05, 3.63) is 60.0 Å². The van der Waals surface area contributed by atoms with Gasteiger partial charge in [-0.05, 0) is 55.3 Å². The number of aryl methyl sites for hydroxylation is 2. The van der Waals surface area contributed by atoms with Gasteiger partial charge >= 0.3 is 0 Å². The monoisotopic (exact) mass is 400 g/mol. The van der Waals surface area contributed by atoms with E-state index in [4.69, 9.17) is 9.47 Å². The summed E-state index contributed by atoms with van der Waals surface area (Å²) in [7, 11) is 3.22. The molecule has 0 fully saturated rings. The second-order valence-corrected chi connectivity index (χ2v) is 7.17. The lowest BCUT2D eigenvalue weighted by Crippen LogP contribution is -2.00. The van der Waals surface area contributed by atoms with Crippen LogP contribution in [0.15, 0.2) is 48.9 Å². The molecule has 8 heteroatoms. The van der Waals surface area contributed by atoms with Crippen molar-refractivity contribution >= 4 is 16.7 Å². The summed E-state index contributed by atoms with van der Waals surface area (Å²) in [6.07, 6.45) is 3.51. The van der Waals surface area contributed by atoms with Crippen molar-refractivity contribution in [2.45, 2.75) is 13.8 Å². The SMILES string of the molecule is COc1ccc(-c2nnc3c4cnn(-c5cc(C)cc(C)c5)c4ncn23)cc1OC. The average molecular weight is 400 g/mol. The van der Waals surface area contributed by atoms with E-state index in [0.29, 0.717) is 23.0 Å². The van der Waals surface area contributed by atoms with Gasteiger partial charge in [-0.3, -0.25) is 4.40 Å². The highest BCUT2D eigenvalue weighted by Crippen LogP contribution is 2.32. The van der Waals surface area contributed by atoms with E-state index in [1.165, 1.54) is 11.1 Å². The number of aromatic nitrogens is 6. The minimum atomic E-state index is 0.628. The molecule has 0 amide bonds. The smallest absolute Gasteiger partial charge is 0.175 e. The fourth-order valence-corrected chi connectivity index (χ4v) is 3.75. The maximum Gasteiger partial charge on any atom is 0.175 e. The molecule has 5 aromatic rings. The van der Waals surface area contributed by atoms with E-state index in [-0.39, 0.29) is 0 Å². The predicted octanol–water partition coefficient (Wildman–Crippen LogP) is 3.76. The molecule has 0 radical (unpaired) electrons. The first-order chi connectivity index (χ1) is 14.6. The van der Waals surface area contributed by atoms with Crippen molar-refractivity contribution in [1.29, 1.82) is 0 Å². The van der Waals surface area contributed by atoms with Gasteiger partial charge in [0.2, 0.25) is 0 Å². The highest BCUT2D eigenvalue weighted by atomic mass is 16.5. The van der Waals surface area contributed by atoms with Gasteiger partial charge in [-0.2, -0.15) is 5.10 Å². The summed E-state index contributed by atoms with van der Waals surface area (Å²) in [5.41, 5.74) is 5.60. The third-order valence-electron chi connectivity index (χ3n) is 5.07. The molecule has 0 atom stereocenters. The maximum atomic E-state index is 5.42. The molecule has 150 valence electrons. The second-order valence-electron chi connectivity index (χ2n) is 7.17. The molecule has 0 N–H and O–H groups in total. The van der Waals surface area contributed by atoms with E-state index < -0.39 is 0 Å². The Kier molecular flexibility index (Phi) is 4.13. The van der Waals surface area contributed by atoms with Crippen molar-refractivity contribution in [2.75, 3.05) is 14.2 Å². The van der Waals surface area contributed by atoms with Crippen LogP contribution < -0.4 is 9.47 Å². The van der Waals surface area contributed by atoms with E-state index in [0.717, 1.165) is 22.3 Å². The molecule has 0 saturated heterocycles. The van der Waals surface area contributed by atoms with Gasteiger partial charge in [0.25, 0.3) is 0 Å². The van der Waals surface area contributed by atoms with E-state index in [1.807, 2.05) is 27.3 Å². The number of benzene rings is 2. The van der Waals surface area contributed by atoms with Crippen molar-refractivity contribution in [3.8, 4) is 28.6 Å². The molecule has 30 heavy (non-hydrogen) atoms. The Hall–Kier alpha value is -3.94. The van der Waals surface area contributed by atoms with Crippen LogP contribution in [0.2, 0.25) is 0 Å². The summed E-state index contributed by atoms with van der Waals surface area (Å²) in [4.78, 5) is 4.67. The van der Waals surface area contributed by atoms with Gasteiger partial charge < -0.3 is 9.47 Å². The van der Waals surface area contributed by atoms with Crippen LogP contribution in [0.3, 0.4) is 0 Å². The van der Waals surface area contributed by atoms with Crippen LogP contribution >= 0.6 is 0 Å². The molecular weight excluding hydrogens is 380 g/mol. The lowest BCUT2D eigenvalue weighted by molar-refractivity contribution is 0.355. The quantitative estimate of drug-likeness (QED) is 0.457. The van der Waals surface area contributed by atoms with E-state index >= 15 is 0 Å². The molecule has 5 rings (SSSR count). The molecule has 3 aromatic heterocycles. The van der Waals surface area contributed by atoms with Crippen molar-refractivity contribution < 1.29 is 9.47 Å². The van der Waals surface area contributed by atoms with Gasteiger partial charge in [-0.15, -0.1) is 10.2 Å². The lowest BCUT2D eigenvalue weighted by Gasteiger charge is -2.09. The summed E-state index contributed by atoms with van der Waals surface area (Å²) in [6.45, 7) is 4.14. The third kappa shape index (κ3) is 2.76. The molecule has 0 bridgehead atoms. The zero-order chi connectivity index (χ0) is 20.8. The number of fused-ring (bicyclic) bond motifs is 3. The Balaban J connectivity index is 1.67. The van der Waals surface area contributed by atoms with Crippen LogP contribution in [0.4, 0.5) is 0 Å². The Morgan fingerprint density at radius 3 is 2.33 bits per heavy atom. The minimum absolute atomic E-state index is 0.628. The molecule has 0 spiro atoms. The van der Waals surface area contributed by atoms with Crippen LogP contribution in [-0.2, 0) is 0 Å². The Morgan fingerprint density at radius 1 is 0.833 bits per heavy atom. The molecule has 3 heterocycles. The Bertz CT molecular complexity index is 1380. The van der Waals surface area contributed by atoms with Crippen LogP contribution in [0.1, 0.15) is 11.1 Å². The first-order valence-corrected chi connectivity index (χ1v) is 9.47. The van der Waals surface area contributed by atoms with Gasteiger partial charge in [0.15, 0.2) is 28.6 Å². The van der Waals surface area contributed by atoms with Crippen molar-refractivity contribution in [1.82, 2.24) is 29.4 Å². The van der Waals surface area contributed by atoms with Crippen molar-refractivity contribution in [2.24, 2.45) is 0 Å². The molecule has 0 aliphatic carbocycles. The first-order valence-electron chi connectivity index (χ1n) is 9.47. The maximum absolute atomic E-state index is 5.42. The van der Waals surface area contributed by atoms with Gasteiger partial charge in [0, 0.05) is 5.56 Å². The topological polar surface area (TPSA) is 79.4 Å². The summed E-state index contributed by atoms with van der Waals surface area (Å²) in [6, 6.07) is 11.9. The van der Waals surface area contributed by atoms with E-state index in [9.17, 15) is 0 Å². The van der Waals surface area contributed by atoms with Gasteiger partial charge in [0.05, 0.1) is 31.5 Å². The zero-order valence-electron chi connectivity index (χ0n) is 17.1. The number of methoxy groups -OCH3 is 2. The van der Waals surface area contributed by atoms with Crippen LogP contribution in [-0.4, -0.2) is 43.6 Å². The van der Waals surface area contributed by atoms with Gasteiger partial charge in [-0.25, -0.2) is 9.67 Å². The Labute approximate surface area is 172 Å². The Morgan fingerprint density at radius 2 is 1.60 bits per heavy atom. The molecule has 0 aliphatic rings. The fourth-order valence-electron chi connectivity index (χ4n) is 3.75. The summed E-state index contributed by atoms with van der Waals surface area (Å²) < 4.78 is 14.4. The number of nitrogens with zero attached hydrogens (tertiary/aromatic N) is 6. The van der Waals surface area contributed by atoms with E-state index in [2.05, 4.69) is 52.3 Å². The largest absolute Gasteiger partial charge is 0.493 e.